The lowest BCUT2D eigenvalue weighted by Gasteiger charge is -2.26. The minimum atomic E-state index is -0.623. The first-order valence-corrected chi connectivity index (χ1v) is 5.58. The lowest BCUT2D eigenvalue weighted by Crippen LogP contribution is -2.45. The van der Waals surface area contributed by atoms with Gasteiger partial charge in [-0.1, -0.05) is 26.8 Å². The molecule has 4 heteroatoms. The second kappa shape index (κ2) is 4.75. The molecule has 0 spiro atoms. The van der Waals surface area contributed by atoms with E-state index in [1.807, 2.05) is 27.7 Å². The molecule has 0 saturated carbocycles. The average Bonchev–Trinajstić information content (AvgIpc) is 2.21. The molecule has 0 radical (unpaired) electrons. The maximum atomic E-state index is 11.9. The molecule has 0 fully saturated rings. The Kier molecular flexibility index (Phi) is 3.78. The van der Waals surface area contributed by atoms with Crippen molar-refractivity contribution < 1.29 is 9.90 Å². The summed E-state index contributed by atoms with van der Waals surface area (Å²) < 4.78 is 0. The van der Waals surface area contributed by atoms with E-state index in [4.69, 9.17) is 5.73 Å². The van der Waals surface area contributed by atoms with Gasteiger partial charge in [-0.3, -0.25) is 4.79 Å². The Morgan fingerprint density at radius 2 is 2.00 bits per heavy atom. The maximum Gasteiger partial charge on any atom is 0.241 e. The molecule has 0 saturated heterocycles. The Morgan fingerprint density at radius 1 is 1.41 bits per heavy atom. The quantitative estimate of drug-likeness (QED) is 0.687. The largest absolute Gasteiger partial charge is 0.506 e. The highest BCUT2D eigenvalue weighted by Crippen LogP contribution is 2.25. The van der Waals surface area contributed by atoms with E-state index in [1.165, 1.54) is 0 Å². The van der Waals surface area contributed by atoms with Crippen molar-refractivity contribution in [2.75, 3.05) is 5.32 Å². The smallest absolute Gasteiger partial charge is 0.241 e. The van der Waals surface area contributed by atoms with E-state index >= 15 is 0 Å². The van der Waals surface area contributed by atoms with Crippen molar-refractivity contribution in [1.29, 1.82) is 0 Å². The summed E-state index contributed by atoms with van der Waals surface area (Å²) in [5.41, 5.74) is 6.88. The predicted molar refractivity (Wildman–Crippen MR) is 68.9 cm³/mol. The van der Waals surface area contributed by atoms with E-state index < -0.39 is 6.04 Å². The molecule has 1 aromatic carbocycles. The summed E-state index contributed by atoms with van der Waals surface area (Å²) in [7, 11) is 0. The Balaban J connectivity index is 2.85. The average molecular weight is 236 g/mol. The predicted octanol–water partition coefficient (Wildman–Crippen LogP) is 2.01. The number of nitrogens with two attached hydrogens (primary N) is 1. The van der Waals surface area contributed by atoms with Crippen LogP contribution in [0.5, 0.6) is 5.75 Å². The zero-order valence-electron chi connectivity index (χ0n) is 10.7. The van der Waals surface area contributed by atoms with Crippen LogP contribution in [0.3, 0.4) is 0 Å². The molecule has 1 amide bonds. The Morgan fingerprint density at radius 3 is 2.53 bits per heavy atom. The number of rotatable bonds is 2. The second-order valence-corrected chi connectivity index (χ2v) is 5.35. The van der Waals surface area contributed by atoms with Gasteiger partial charge in [0.15, 0.2) is 0 Å². The summed E-state index contributed by atoms with van der Waals surface area (Å²) in [4.78, 5) is 11.9. The van der Waals surface area contributed by atoms with Gasteiger partial charge < -0.3 is 16.2 Å². The highest BCUT2D eigenvalue weighted by atomic mass is 16.3. The number of carbonyl (C=O) groups excluding carboxylic acids is 1. The summed E-state index contributed by atoms with van der Waals surface area (Å²) in [5, 5.41) is 12.3. The van der Waals surface area contributed by atoms with Crippen LogP contribution in [0, 0.1) is 12.3 Å². The fourth-order valence-electron chi connectivity index (χ4n) is 1.35. The molecule has 4 N–H and O–H groups in total. The SMILES string of the molecule is Cc1ccc(O)c(NC(=O)[C@@H](N)C(C)(C)C)c1. The Labute approximate surface area is 102 Å². The van der Waals surface area contributed by atoms with E-state index in [2.05, 4.69) is 5.32 Å². The van der Waals surface area contributed by atoms with Gasteiger partial charge in [-0.05, 0) is 30.0 Å². The number of amides is 1. The molecular formula is C13H20N2O2. The molecule has 0 aliphatic carbocycles. The topological polar surface area (TPSA) is 75.3 Å². The van der Waals surface area contributed by atoms with Crippen molar-refractivity contribution >= 4 is 11.6 Å². The van der Waals surface area contributed by atoms with Gasteiger partial charge in [-0.25, -0.2) is 0 Å². The van der Waals surface area contributed by atoms with E-state index in [-0.39, 0.29) is 17.1 Å². The molecule has 0 aliphatic heterocycles. The summed E-state index contributed by atoms with van der Waals surface area (Å²) in [6.07, 6.45) is 0. The van der Waals surface area contributed by atoms with Crippen LogP contribution in [-0.4, -0.2) is 17.1 Å². The van der Waals surface area contributed by atoms with E-state index in [0.29, 0.717) is 5.69 Å². The fourth-order valence-corrected chi connectivity index (χ4v) is 1.35. The summed E-state index contributed by atoms with van der Waals surface area (Å²) in [5.74, 6) is -0.247. The molecule has 0 bridgehead atoms. The molecule has 94 valence electrons. The number of anilines is 1. The lowest BCUT2D eigenvalue weighted by molar-refractivity contribution is -0.119. The lowest BCUT2D eigenvalue weighted by atomic mass is 9.87. The highest BCUT2D eigenvalue weighted by Gasteiger charge is 2.27. The second-order valence-electron chi connectivity index (χ2n) is 5.35. The van der Waals surface area contributed by atoms with Crippen molar-refractivity contribution in [3.8, 4) is 5.75 Å². The number of hydrogen-bond acceptors (Lipinski definition) is 3. The van der Waals surface area contributed by atoms with Gasteiger partial charge in [-0.2, -0.15) is 0 Å². The van der Waals surface area contributed by atoms with Gasteiger partial charge in [-0.15, -0.1) is 0 Å². The highest BCUT2D eigenvalue weighted by molar-refractivity contribution is 5.96. The van der Waals surface area contributed by atoms with Crippen LogP contribution >= 0.6 is 0 Å². The third kappa shape index (κ3) is 3.46. The van der Waals surface area contributed by atoms with Gasteiger partial charge in [0, 0.05) is 0 Å². The molecule has 0 unspecified atom stereocenters. The van der Waals surface area contributed by atoms with Crippen molar-refractivity contribution in [3.05, 3.63) is 23.8 Å². The number of phenolic OH excluding ortho intramolecular Hbond substituents is 1. The van der Waals surface area contributed by atoms with Crippen LogP contribution in [0.1, 0.15) is 26.3 Å². The number of phenols is 1. The molecule has 1 atom stereocenters. The fraction of sp³-hybridized carbons (Fsp3) is 0.462. The van der Waals surface area contributed by atoms with Crippen LogP contribution in [0.2, 0.25) is 0 Å². The van der Waals surface area contributed by atoms with Crippen molar-refractivity contribution in [1.82, 2.24) is 0 Å². The van der Waals surface area contributed by atoms with Crippen molar-refractivity contribution in [2.45, 2.75) is 33.7 Å². The summed E-state index contributed by atoms with van der Waals surface area (Å²) >= 11 is 0. The molecule has 1 rings (SSSR count). The standard InChI is InChI=1S/C13H20N2O2/c1-8-5-6-10(16)9(7-8)15-12(17)11(14)13(2,3)4/h5-7,11,16H,14H2,1-4H3,(H,15,17)/t11-/m1/s1. The molecule has 0 heterocycles. The third-order valence-corrected chi connectivity index (χ3v) is 2.63. The van der Waals surface area contributed by atoms with Crippen LogP contribution in [0.4, 0.5) is 5.69 Å². The third-order valence-electron chi connectivity index (χ3n) is 2.63. The molecule has 17 heavy (non-hydrogen) atoms. The van der Waals surface area contributed by atoms with Gasteiger partial charge in [0.05, 0.1) is 11.7 Å². The summed E-state index contributed by atoms with van der Waals surface area (Å²) in [6.45, 7) is 7.58. The van der Waals surface area contributed by atoms with Crippen LogP contribution in [0.15, 0.2) is 18.2 Å². The molecule has 0 aromatic heterocycles. The maximum absolute atomic E-state index is 11.9. The number of benzene rings is 1. The van der Waals surface area contributed by atoms with Crippen molar-refractivity contribution in [3.63, 3.8) is 0 Å². The summed E-state index contributed by atoms with van der Waals surface area (Å²) in [6, 6.07) is 4.41. The van der Waals surface area contributed by atoms with Gasteiger partial charge in [0.1, 0.15) is 5.75 Å². The number of nitrogens with one attached hydrogen (secondary N) is 1. The Hall–Kier alpha value is -1.55. The normalized spacial score (nSPS) is 13.2. The first-order valence-electron chi connectivity index (χ1n) is 5.58. The molecule has 4 nitrogen and oxygen atoms in total. The minimum absolute atomic E-state index is 0.0464. The monoisotopic (exact) mass is 236 g/mol. The van der Waals surface area contributed by atoms with Crippen LogP contribution < -0.4 is 11.1 Å². The van der Waals surface area contributed by atoms with E-state index in [9.17, 15) is 9.90 Å². The first-order chi connectivity index (χ1) is 7.71. The van der Waals surface area contributed by atoms with Gasteiger partial charge in [0.2, 0.25) is 5.91 Å². The van der Waals surface area contributed by atoms with Gasteiger partial charge >= 0.3 is 0 Å². The number of hydrogen-bond donors (Lipinski definition) is 3. The first kappa shape index (κ1) is 13.5. The van der Waals surface area contributed by atoms with Gasteiger partial charge in [0.25, 0.3) is 0 Å². The van der Waals surface area contributed by atoms with Crippen LogP contribution in [-0.2, 0) is 4.79 Å². The molecular weight excluding hydrogens is 216 g/mol. The number of carbonyl (C=O) groups is 1. The number of aromatic hydroxyl groups is 1. The van der Waals surface area contributed by atoms with Crippen LogP contribution in [0.25, 0.3) is 0 Å². The zero-order chi connectivity index (χ0) is 13.2. The molecule has 0 aliphatic rings. The molecule has 1 aromatic rings. The zero-order valence-corrected chi connectivity index (χ0v) is 10.7. The van der Waals surface area contributed by atoms with Crippen molar-refractivity contribution in [2.24, 2.45) is 11.1 Å². The van der Waals surface area contributed by atoms with E-state index in [0.717, 1.165) is 5.56 Å². The number of aryl methyl sites for hydroxylation is 1. The minimum Gasteiger partial charge on any atom is -0.506 e. The van der Waals surface area contributed by atoms with E-state index in [1.54, 1.807) is 18.2 Å². The Bertz CT molecular complexity index is 422.